The highest BCUT2D eigenvalue weighted by Gasteiger charge is 2.62. The third kappa shape index (κ3) is 2.75. The molecular weight excluding hydrogens is 395 g/mol. The van der Waals surface area contributed by atoms with Crippen LogP contribution in [0.25, 0.3) is 10.8 Å². The molecule has 0 amide bonds. The molecule has 4 rings (SSSR count). The molecule has 2 N–H and O–H groups in total. The van der Waals surface area contributed by atoms with Gasteiger partial charge in [0, 0.05) is 22.6 Å². The van der Waals surface area contributed by atoms with Crippen molar-refractivity contribution in [3.05, 3.63) is 76.8 Å². The molecule has 0 aromatic heterocycles. The summed E-state index contributed by atoms with van der Waals surface area (Å²) in [5, 5.41) is 12.6. The predicted octanol–water partition coefficient (Wildman–Crippen LogP) is 5.17. The molecule has 0 unspecified atom stereocenters. The summed E-state index contributed by atoms with van der Waals surface area (Å²) in [6, 6.07) is 21.1. The fourth-order valence-corrected chi connectivity index (χ4v) is 4.26. The Kier molecular flexibility index (Phi) is 4.73. The summed E-state index contributed by atoms with van der Waals surface area (Å²) in [4.78, 5) is -1.69. The minimum Gasteiger partial charge on any atom is -0.445 e. The monoisotopic (exact) mass is 412 g/mol. The van der Waals surface area contributed by atoms with Gasteiger partial charge in [-0.2, -0.15) is 5.26 Å². The van der Waals surface area contributed by atoms with Gasteiger partial charge < -0.3 is 9.47 Å². The molecule has 4 nitrogen and oxygen atoms in total. The van der Waals surface area contributed by atoms with Crippen LogP contribution < -0.4 is 10.5 Å². The van der Waals surface area contributed by atoms with E-state index in [-0.39, 0.29) is 6.61 Å². The molecule has 142 valence electrons. The van der Waals surface area contributed by atoms with E-state index < -0.39 is 16.7 Å². The number of ether oxygens (including phenoxy) is 2. The quantitative estimate of drug-likeness (QED) is 0.475. The lowest BCUT2D eigenvalue weighted by Gasteiger charge is -2.47. The number of benzene rings is 3. The van der Waals surface area contributed by atoms with Gasteiger partial charge in [0.15, 0.2) is 0 Å². The van der Waals surface area contributed by atoms with E-state index in [0.717, 1.165) is 21.9 Å². The van der Waals surface area contributed by atoms with Crippen LogP contribution in [0.3, 0.4) is 0 Å². The molecule has 0 fully saturated rings. The molecule has 3 aromatic rings. The summed E-state index contributed by atoms with van der Waals surface area (Å²) < 4.78 is 11.9. The lowest BCUT2D eigenvalue weighted by Crippen LogP contribution is -2.67. The van der Waals surface area contributed by atoms with Gasteiger partial charge in [0.2, 0.25) is 4.87 Å². The number of nitrogens with two attached hydrogens (primary N) is 1. The summed E-state index contributed by atoms with van der Waals surface area (Å²) in [5.74, 6) is -1.85. The largest absolute Gasteiger partial charge is 0.445 e. The lowest BCUT2D eigenvalue weighted by atomic mass is 9.75. The summed E-state index contributed by atoms with van der Waals surface area (Å²) in [6.45, 7) is 2.02. The first-order valence-corrected chi connectivity index (χ1v) is 9.68. The van der Waals surface area contributed by atoms with Gasteiger partial charge in [-0.15, -0.1) is 0 Å². The van der Waals surface area contributed by atoms with Crippen LogP contribution in [0.2, 0.25) is 5.02 Å². The van der Waals surface area contributed by atoms with Crippen molar-refractivity contribution >= 4 is 34.0 Å². The summed E-state index contributed by atoms with van der Waals surface area (Å²) in [5.41, 5.74) is 8.07. The third-order valence-corrected chi connectivity index (χ3v) is 5.92. The van der Waals surface area contributed by atoms with Crippen LogP contribution >= 0.6 is 23.2 Å². The fraction of sp³-hybridized carbons (Fsp3) is 0.227. The molecule has 28 heavy (non-hydrogen) atoms. The first kappa shape index (κ1) is 19.0. The lowest BCUT2D eigenvalue weighted by molar-refractivity contribution is -0.199. The second-order valence-corrected chi connectivity index (χ2v) is 7.75. The second kappa shape index (κ2) is 6.95. The molecule has 6 heteroatoms. The minimum absolute atomic E-state index is 0.236. The number of rotatable bonds is 3. The molecule has 0 radical (unpaired) electrons. The summed E-state index contributed by atoms with van der Waals surface area (Å²) >= 11 is 13.0. The zero-order chi connectivity index (χ0) is 19.9. The van der Waals surface area contributed by atoms with Crippen molar-refractivity contribution in [1.29, 1.82) is 5.26 Å². The van der Waals surface area contributed by atoms with Crippen molar-refractivity contribution in [3.8, 4) is 11.8 Å². The molecule has 0 spiro atoms. The van der Waals surface area contributed by atoms with Crippen molar-refractivity contribution < 1.29 is 9.47 Å². The van der Waals surface area contributed by atoms with Crippen molar-refractivity contribution in [2.75, 3.05) is 6.61 Å². The van der Waals surface area contributed by atoms with Crippen LogP contribution in [0.15, 0.2) is 60.7 Å². The van der Waals surface area contributed by atoms with Crippen LogP contribution in [0, 0.1) is 11.3 Å². The highest BCUT2D eigenvalue weighted by Crippen LogP contribution is 2.54. The first-order chi connectivity index (χ1) is 13.4. The number of nitrogens with zero attached hydrogens (tertiary/aromatic N) is 1. The number of nitriles is 1. The van der Waals surface area contributed by atoms with Gasteiger partial charge in [-0.05, 0) is 30.0 Å². The maximum Gasteiger partial charge on any atom is 0.302 e. The predicted molar refractivity (Wildman–Crippen MR) is 111 cm³/mol. The van der Waals surface area contributed by atoms with Gasteiger partial charge in [-0.3, -0.25) is 5.73 Å². The van der Waals surface area contributed by atoms with Gasteiger partial charge in [0.1, 0.15) is 5.75 Å². The minimum atomic E-state index is -1.83. The summed E-state index contributed by atoms with van der Waals surface area (Å²) in [6.07, 6.45) is 0. The topological polar surface area (TPSA) is 68.3 Å². The Morgan fingerprint density at radius 3 is 2.54 bits per heavy atom. The van der Waals surface area contributed by atoms with Gasteiger partial charge in [-0.25, -0.2) is 0 Å². The molecule has 1 heterocycles. The SMILES string of the molecule is CCO[C@]1(N)Oc2c(ccc3ccccc23)[C@@H](c2ccc(Cl)cc2)[C@@]1(Cl)C#N. The molecule has 1 aliphatic heterocycles. The van der Waals surface area contributed by atoms with E-state index >= 15 is 0 Å². The molecule has 0 bridgehead atoms. The van der Waals surface area contributed by atoms with Crippen molar-refractivity contribution in [1.82, 2.24) is 0 Å². The molecule has 0 aliphatic carbocycles. The van der Waals surface area contributed by atoms with E-state index in [1.807, 2.05) is 48.5 Å². The van der Waals surface area contributed by atoms with E-state index in [4.69, 9.17) is 38.4 Å². The fourth-order valence-electron chi connectivity index (χ4n) is 3.80. The standard InChI is InChI=1S/C22H18Cl2N2O2/c1-2-27-22(26)21(24,13-25)19(15-7-10-16(23)11-8-15)18-12-9-14-5-3-4-6-17(14)20(18)28-22/h3-12,19H,2,26H2,1H3/t19-,21+,22+/m1/s1. The average Bonchev–Trinajstić information content (AvgIpc) is 2.70. The van der Waals surface area contributed by atoms with Crippen LogP contribution in [0.1, 0.15) is 24.0 Å². The van der Waals surface area contributed by atoms with Gasteiger partial charge in [0.25, 0.3) is 0 Å². The molecule has 3 aromatic carbocycles. The second-order valence-electron chi connectivity index (χ2n) is 6.72. The maximum atomic E-state index is 10.1. The van der Waals surface area contributed by atoms with Crippen molar-refractivity contribution in [3.63, 3.8) is 0 Å². The Bertz CT molecular complexity index is 1080. The number of halogens is 2. The molecule has 3 atom stereocenters. The van der Waals surface area contributed by atoms with Crippen molar-refractivity contribution in [2.24, 2.45) is 5.73 Å². The van der Waals surface area contributed by atoms with Gasteiger partial charge >= 0.3 is 5.91 Å². The van der Waals surface area contributed by atoms with Crippen LogP contribution in [0.4, 0.5) is 0 Å². The Hall–Kier alpha value is -2.29. The normalized spacial score (nSPS) is 26.3. The van der Waals surface area contributed by atoms with Crippen LogP contribution in [-0.2, 0) is 4.74 Å². The smallest absolute Gasteiger partial charge is 0.302 e. The highest BCUT2D eigenvalue weighted by atomic mass is 35.5. The van der Waals surface area contributed by atoms with Crippen molar-refractivity contribution in [2.45, 2.75) is 23.6 Å². The highest BCUT2D eigenvalue weighted by molar-refractivity contribution is 6.30. The molecular formula is C22H18Cl2N2O2. The Balaban J connectivity index is 2.05. The molecule has 0 saturated heterocycles. The summed E-state index contributed by atoms with van der Waals surface area (Å²) in [7, 11) is 0. The van der Waals surface area contributed by atoms with Gasteiger partial charge in [-0.1, -0.05) is 71.7 Å². The number of fused-ring (bicyclic) bond motifs is 3. The third-order valence-electron chi connectivity index (χ3n) is 5.10. The Morgan fingerprint density at radius 2 is 1.86 bits per heavy atom. The zero-order valence-corrected chi connectivity index (χ0v) is 16.7. The number of hydrogen-bond acceptors (Lipinski definition) is 4. The molecule has 1 aliphatic rings. The zero-order valence-electron chi connectivity index (χ0n) is 15.2. The van der Waals surface area contributed by atoms with Crippen LogP contribution in [-0.4, -0.2) is 17.4 Å². The van der Waals surface area contributed by atoms with E-state index in [9.17, 15) is 5.26 Å². The van der Waals surface area contributed by atoms with Gasteiger partial charge in [0.05, 0.1) is 12.0 Å². The van der Waals surface area contributed by atoms with E-state index in [0.29, 0.717) is 10.8 Å². The van der Waals surface area contributed by atoms with E-state index in [1.165, 1.54) is 0 Å². The Labute approximate surface area is 173 Å². The van der Waals surface area contributed by atoms with E-state index in [1.54, 1.807) is 19.1 Å². The van der Waals surface area contributed by atoms with E-state index in [2.05, 4.69) is 6.07 Å². The molecule has 0 saturated carbocycles. The van der Waals surface area contributed by atoms with Crippen LogP contribution in [0.5, 0.6) is 5.75 Å². The number of hydrogen-bond donors (Lipinski definition) is 1. The maximum absolute atomic E-state index is 10.1. The first-order valence-electron chi connectivity index (χ1n) is 8.92. The number of alkyl halides is 1. The average molecular weight is 413 g/mol. The Morgan fingerprint density at radius 1 is 1.14 bits per heavy atom.